The first-order valence-corrected chi connectivity index (χ1v) is 3.78. The Kier molecular flexibility index (Phi) is 2.34. The molecule has 1 unspecified atom stereocenters. The predicted octanol–water partition coefficient (Wildman–Crippen LogP) is -0.0893. The Bertz CT molecular complexity index is 194. The fourth-order valence-corrected chi connectivity index (χ4v) is 1.17. The minimum absolute atomic E-state index is 0.135. The molecule has 62 valence electrons. The van der Waals surface area contributed by atoms with Crippen molar-refractivity contribution in [3.8, 4) is 0 Å². The van der Waals surface area contributed by atoms with Crippen LogP contribution in [0.25, 0.3) is 0 Å². The molecule has 0 spiro atoms. The third-order valence-electron chi connectivity index (χ3n) is 1.74. The van der Waals surface area contributed by atoms with Crippen molar-refractivity contribution in [2.75, 3.05) is 12.4 Å². The SMILES string of the molecule is O=C(O)C1CCN1C(=O)CCl. The van der Waals surface area contributed by atoms with E-state index in [1.165, 1.54) is 4.90 Å². The Morgan fingerprint density at radius 2 is 2.27 bits per heavy atom. The summed E-state index contributed by atoms with van der Waals surface area (Å²) in [5.41, 5.74) is 0. The van der Waals surface area contributed by atoms with Crippen LogP contribution in [-0.2, 0) is 9.59 Å². The van der Waals surface area contributed by atoms with Crippen LogP contribution in [0.2, 0.25) is 0 Å². The molecule has 5 heteroatoms. The molecule has 0 bridgehead atoms. The molecule has 1 heterocycles. The summed E-state index contributed by atoms with van der Waals surface area (Å²) >= 11 is 5.25. The van der Waals surface area contributed by atoms with Crippen molar-refractivity contribution in [1.82, 2.24) is 4.90 Å². The van der Waals surface area contributed by atoms with Crippen LogP contribution in [-0.4, -0.2) is 40.3 Å². The molecule has 1 N–H and O–H groups in total. The largest absolute Gasteiger partial charge is 0.480 e. The highest BCUT2D eigenvalue weighted by molar-refractivity contribution is 6.27. The number of carbonyl (C=O) groups excluding carboxylic acids is 1. The number of aliphatic carboxylic acids is 1. The Morgan fingerprint density at radius 1 is 1.64 bits per heavy atom. The number of alkyl halides is 1. The van der Waals surface area contributed by atoms with Gasteiger partial charge in [-0.15, -0.1) is 11.6 Å². The number of likely N-dealkylation sites (tertiary alicyclic amines) is 1. The van der Waals surface area contributed by atoms with Gasteiger partial charge in [0, 0.05) is 6.54 Å². The van der Waals surface area contributed by atoms with Crippen LogP contribution < -0.4 is 0 Å². The third-order valence-corrected chi connectivity index (χ3v) is 1.97. The Balaban J connectivity index is 2.49. The standard InChI is InChI=1S/C6H8ClNO3/c7-3-5(9)8-2-1-4(8)6(10)11/h4H,1-3H2,(H,10,11). The lowest BCUT2D eigenvalue weighted by Crippen LogP contribution is -2.55. The predicted molar refractivity (Wildman–Crippen MR) is 38.5 cm³/mol. The van der Waals surface area contributed by atoms with E-state index in [-0.39, 0.29) is 11.8 Å². The van der Waals surface area contributed by atoms with E-state index in [2.05, 4.69) is 0 Å². The van der Waals surface area contributed by atoms with E-state index < -0.39 is 12.0 Å². The summed E-state index contributed by atoms with van der Waals surface area (Å²) in [6.45, 7) is 0.516. The second kappa shape index (κ2) is 3.09. The van der Waals surface area contributed by atoms with Crippen LogP contribution in [0.3, 0.4) is 0 Å². The van der Waals surface area contributed by atoms with Crippen molar-refractivity contribution in [3.63, 3.8) is 0 Å². The molecule has 0 aromatic rings. The van der Waals surface area contributed by atoms with Crippen LogP contribution >= 0.6 is 11.6 Å². The number of hydrogen-bond acceptors (Lipinski definition) is 2. The number of nitrogens with zero attached hydrogens (tertiary/aromatic N) is 1. The zero-order chi connectivity index (χ0) is 8.43. The zero-order valence-electron chi connectivity index (χ0n) is 5.79. The summed E-state index contributed by atoms with van der Waals surface area (Å²) in [6.07, 6.45) is 0.540. The Hall–Kier alpha value is -0.770. The summed E-state index contributed by atoms with van der Waals surface area (Å²) in [5, 5.41) is 8.51. The summed E-state index contributed by atoms with van der Waals surface area (Å²) < 4.78 is 0. The van der Waals surface area contributed by atoms with Crippen LogP contribution in [0.5, 0.6) is 0 Å². The molecule has 0 aromatic carbocycles. The fraction of sp³-hybridized carbons (Fsp3) is 0.667. The molecule has 0 radical (unpaired) electrons. The average Bonchev–Trinajstić information content (AvgIpc) is 1.83. The van der Waals surface area contributed by atoms with Gasteiger partial charge in [0.2, 0.25) is 5.91 Å². The summed E-state index contributed by atoms with van der Waals surface area (Å²) in [4.78, 5) is 22.5. The van der Waals surface area contributed by atoms with E-state index >= 15 is 0 Å². The van der Waals surface area contributed by atoms with Crippen LogP contribution in [0.15, 0.2) is 0 Å². The molecule has 0 aromatic heterocycles. The maximum absolute atomic E-state index is 10.8. The molecule has 1 aliphatic heterocycles. The first kappa shape index (κ1) is 8.33. The molecular weight excluding hydrogens is 170 g/mol. The summed E-state index contributed by atoms with van der Waals surface area (Å²) in [6, 6.07) is -0.638. The topological polar surface area (TPSA) is 57.6 Å². The average molecular weight is 178 g/mol. The van der Waals surface area contributed by atoms with Gasteiger partial charge >= 0.3 is 5.97 Å². The van der Waals surface area contributed by atoms with E-state index in [0.29, 0.717) is 13.0 Å². The number of halogens is 1. The van der Waals surface area contributed by atoms with Crippen molar-refractivity contribution < 1.29 is 14.7 Å². The van der Waals surface area contributed by atoms with Gasteiger partial charge in [-0.3, -0.25) is 4.79 Å². The van der Waals surface area contributed by atoms with Gasteiger partial charge in [-0.2, -0.15) is 0 Å². The highest BCUT2D eigenvalue weighted by Crippen LogP contribution is 2.17. The second-order valence-corrected chi connectivity index (χ2v) is 2.63. The number of carboxylic acids is 1. The first-order chi connectivity index (χ1) is 5.16. The van der Waals surface area contributed by atoms with E-state index in [9.17, 15) is 9.59 Å². The van der Waals surface area contributed by atoms with Crippen LogP contribution in [0, 0.1) is 0 Å². The number of carbonyl (C=O) groups is 2. The Morgan fingerprint density at radius 3 is 2.55 bits per heavy atom. The van der Waals surface area contributed by atoms with Gasteiger partial charge in [0.25, 0.3) is 0 Å². The molecule has 1 rings (SSSR count). The number of amides is 1. The molecule has 4 nitrogen and oxygen atoms in total. The molecule has 1 fully saturated rings. The lowest BCUT2D eigenvalue weighted by molar-refractivity contribution is -0.155. The fourth-order valence-electron chi connectivity index (χ4n) is 1.02. The van der Waals surface area contributed by atoms with Gasteiger partial charge in [0.1, 0.15) is 11.9 Å². The van der Waals surface area contributed by atoms with Gasteiger partial charge in [0.05, 0.1) is 0 Å². The molecule has 1 atom stereocenters. The molecule has 11 heavy (non-hydrogen) atoms. The van der Waals surface area contributed by atoms with E-state index in [0.717, 1.165) is 0 Å². The molecule has 0 aliphatic carbocycles. The highest BCUT2D eigenvalue weighted by atomic mass is 35.5. The van der Waals surface area contributed by atoms with E-state index in [4.69, 9.17) is 16.7 Å². The van der Waals surface area contributed by atoms with Gasteiger partial charge in [-0.05, 0) is 6.42 Å². The monoisotopic (exact) mass is 177 g/mol. The quantitative estimate of drug-likeness (QED) is 0.600. The second-order valence-electron chi connectivity index (χ2n) is 2.36. The zero-order valence-corrected chi connectivity index (χ0v) is 6.54. The first-order valence-electron chi connectivity index (χ1n) is 3.25. The number of rotatable bonds is 2. The maximum Gasteiger partial charge on any atom is 0.326 e. The normalized spacial score (nSPS) is 22.6. The summed E-state index contributed by atoms with van der Waals surface area (Å²) in [5.74, 6) is -1.39. The smallest absolute Gasteiger partial charge is 0.326 e. The van der Waals surface area contributed by atoms with Crippen molar-refractivity contribution in [2.24, 2.45) is 0 Å². The van der Waals surface area contributed by atoms with E-state index in [1.54, 1.807) is 0 Å². The molecule has 1 saturated heterocycles. The maximum atomic E-state index is 10.8. The van der Waals surface area contributed by atoms with Crippen molar-refractivity contribution in [3.05, 3.63) is 0 Å². The highest BCUT2D eigenvalue weighted by Gasteiger charge is 2.36. The van der Waals surface area contributed by atoms with Gasteiger partial charge in [-0.25, -0.2) is 4.79 Å². The molecule has 1 amide bonds. The number of carboxylic acid groups (broad SMARTS) is 1. The molecule has 1 aliphatic rings. The van der Waals surface area contributed by atoms with Gasteiger partial charge in [-0.1, -0.05) is 0 Å². The van der Waals surface area contributed by atoms with Crippen LogP contribution in [0.1, 0.15) is 6.42 Å². The van der Waals surface area contributed by atoms with Gasteiger partial charge in [0.15, 0.2) is 0 Å². The van der Waals surface area contributed by atoms with Gasteiger partial charge < -0.3 is 10.0 Å². The lowest BCUT2D eigenvalue weighted by Gasteiger charge is -2.37. The van der Waals surface area contributed by atoms with Crippen molar-refractivity contribution in [2.45, 2.75) is 12.5 Å². The third kappa shape index (κ3) is 1.45. The van der Waals surface area contributed by atoms with Crippen molar-refractivity contribution in [1.29, 1.82) is 0 Å². The molecular formula is C6H8ClNO3. The van der Waals surface area contributed by atoms with E-state index in [1.807, 2.05) is 0 Å². The number of hydrogen-bond donors (Lipinski definition) is 1. The summed E-state index contributed by atoms with van der Waals surface area (Å²) in [7, 11) is 0. The van der Waals surface area contributed by atoms with Crippen LogP contribution in [0.4, 0.5) is 0 Å². The minimum atomic E-state index is -0.949. The minimum Gasteiger partial charge on any atom is -0.480 e. The van der Waals surface area contributed by atoms with Crippen molar-refractivity contribution >= 4 is 23.5 Å². The molecule has 0 saturated carbocycles. The lowest BCUT2D eigenvalue weighted by atomic mass is 10.0. The Labute approximate surface area is 68.7 Å².